The smallest absolute Gasteiger partial charge is 0.242 e. The van der Waals surface area contributed by atoms with Crippen LogP contribution in [0, 0.1) is 0 Å². The molecule has 1 aliphatic carbocycles. The summed E-state index contributed by atoms with van der Waals surface area (Å²) in [5, 5.41) is -0.279. The van der Waals surface area contributed by atoms with Crippen molar-refractivity contribution in [1.82, 2.24) is 4.90 Å². The average Bonchev–Trinajstić information content (AvgIpc) is 2.55. The van der Waals surface area contributed by atoms with Gasteiger partial charge >= 0.3 is 0 Å². The number of methoxy groups -OCH3 is 1. The molecule has 0 saturated heterocycles. The van der Waals surface area contributed by atoms with Gasteiger partial charge in [0.2, 0.25) is 17.5 Å². The number of amides is 1. The van der Waals surface area contributed by atoms with Gasteiger partial charge in [0, 0.05) is 24.8 Å². The summed E-state index contributed by atoms with van der Waals surface area (Å²) in [4.78, 5) is 38.1. The van der Waals surface area contributed by atoms with Gasteiger partial charge < -0.3 is 9.64 Å². The predicted molar refractivity (Wildman–Crippen MR) is 82.3 cm³/mol. The van der Waals surface area contributed by atoms with Crippen molar-refractivity contribution >= 4 is 40.7 Å². The van der Waals surface area contributed by atoms with Gasteiger partial charge in [-0.05, 0) is 0 Å². The van der Waals surface area contributed by atoms with E-state index >= 15 is 0 Å². The Bertz CT molecular complexity index is 669. The van der Waals surface area contributed by atoms with Gasteiger partial charge in [-0.3, -0.25) is 14.4 Å². The number of alkyl halides is 1. The minimum Gasteiger partial charge on any atom is -0.383 e. The third-order valence-corrected chi connectivity index (χ3v) is 3.82. The summed E-state index contributed by atoms with van der Waals surface area (Å²) in [5.41, 5.74) is 0.302. The molecule has 0 heterocycles. The number of fused-ring (bicyclic) bond motifs is 1. The van der Waals surface area contributed by atoms with Crippen molar-refractivity contribution in [3.05, 3.63) is 46.1 Å². The van der Waals surface area contributed by atoms with Gasteiger partial charge in [0.05, 0.1) is 6.61 Å². The molecular weight excluding hydrogens is 329 g/mol. The summed E-state index contributed by atoms with van der Waals surface area (Å²) in [6.45, 7) is 0.258. The summed E-state index contributed by atoms with van der Waals surface area (Å²) in [7, 11) is 1.46. The zero-order chi connectivity index (χ0) is 16.3. The van der Waals surface area contributed by atoms with E-state index in [2.05, 4.69) is 0 Å². The molecule has 0 aromatic heterocycles. The number of benzene rings is 1. The highest BCUT2D eigenvalue weighted by atomic mass is 35.5. The van der Waals surface area contributed by atoms with Crippen LogP contribution in [0.3, 0.4) is 0 Å². The second-order valence-electron chi connectivity index (χ2n) is 4.54. The fourth-order valence-corrected chi connectivity index (χ4v) is 2.62. The number of nitrogens with zero attached hydrogens (tertiary/aromatic N) is 1. The van der Waals surface area contributed by atoms with Gasteiger partial charge in [-0.1, -0.05) is 35.9 Å². The first-order valence-electron chi connectivity index (χ1n) is 6.46. The Morgan fingerprint density at radius 3 is 2.32 bits per heavy atom. The Morgan fingerprint density at radius 1 is 1.18 bits per heavy atom. The molecule has 0 saturated carbocycles. The van der Waals surface area contributed by atoms with E-state index in [1.54, 1.807) is 12.1 Å². The van der Waals surface area contributed by atoms with Crippen molar-refractivity contribution in [2.75, 3.05) is 26.1 Å². The summed E-state index contributed by atoms with van der Waals surface area (Å²) < 4.78 is 4.93. The number of carbonyl (C=O) groups excluding carboxylic acids is 3. The molecule has 5 nitrogen and oxygen atoms in total. The van der Waals surface area contributed by atoms with Crippen molar-refractivity contribution in [2.45, 2.75) is 0 Å². The molecule has 22 heavy (non-hydrogen) atoms. The first-order valence-corrected chi connectivity index (χ1v) is 7.37. The molecule has 0 N–H and O–H groups in total. The van der Waals surface area contributed by atoms with Gasteiger partial charge in [0.1, 0.15) is 16.6 Å². The Kier molecular flexibility index (Phi) is 5.34. The van der Waals surface area contributed by atoms with E-state index < -0.39 is 17.5 Å². The van der Waals surface area contributed by atoms with E-state index in [1.165, 1.54) is 19.2 Å². The van der Waals surface area contributed by atoms with Crippen LogP contribution in [0.1, 0.15) is 20.7 Å². The number of allylic oxidation sites excluding steroid dienone is 2. The summed E-state index contributed by atoms with van der Waals surface area (Å²) in [5.74, 6) is -1.82. The van der Waals surface area contributed by atoms with Crippen LogP contribution in [0.4, 0.5) is 0 Å². The summed E-state index contributed by atoms with van der Waals surface area (Å²) in [6.07, 6.45) is 0. The summed E-state index contributed by atoms with van der Waals surface area (Å²) >= 11 is 11.6. The first kappa shape index (κ1) is 16.7. The molecule has 0 bridgehead atoms. The van der Waals surface area contributed by atoms with E-state index in [0.717, 1.165) is 4.90 Å². The molecule has 1 aromatic rings. The zero-order valence-electron chi connectivity index (χ0n) is 11.8. The first-order chi connectivity index (χ1) is 10.5. The number of ether oxygens (including phenoxy) is 1. The predicted octanol–water partition coefficient (Wildman–Crippen LogP) is 2.23. The molecule has 0 radical (unpaired) electrons. The molecule has 116 valence electrons. The highest BCUT2D eigenvalue weighted by Crippen LogP contribution is 2.30. The van der Waals surface area contributed by atoms with Crippen molar-refractivity contribution in [1.29, 1.82) is 0 Å². The molecule has 0 unspecified atom stereocenters. The largest absolute Gasteiger partial charge is 0.383 e. The fraction of sp³-hybridized carbons (Fsp3) is 0.267. The number of hydrogen-bond acceptors (Lipinski definition) is 4. The van der Waals surface area contributed by atoms with Crippen LogP contribution >= 0.6 is 23.2 Å². The molecule has 1 aliphatic rings. The van der Waals surface area contributed by atoms with Crippen LogP contribution in [0.25, 0.3) is 0 Å². The molecule has 0 spiro atoms. The maximum absolute atomic E-state index is 12.6. The van der Waals surface area contributed by atoms with Crippen LogP contribution in [0.15, 0.2) is 35.0 Å². The van der Waals surface area contributed by atoms with Crippen LogP contribution < -0.4 is 0 Å². The number of carbonyl (C=O) groups is 3. The molecule has 0 fully saturated rings. The van der Waals surface area contributed by atoms with Gasteiger partial charge in [-0.25, -0.2) is 0 Å². The van der Waals surface area contributed by atoms with E-state index in [9.17, 15) is 14.4 Å². The van der Waals surface area contributed by atoms with Gasteiger partial charge in [0.25, 0.3) is 0 Å². The van der Waals surface area contributed by atoms with E-state index in [4.69, 9.17) is 27.9 Å². The van der Waals surface area contributed by atoms with Gasteiger partial charge in [-0.2, -0.15) is 0 Å². The molecule has 2 rings (SSSR count). The Hall–Kier alpha value is -1.69. The lowest BCUT2D eigenvalue weighted by atomic mass is 9.92. The second kappa shape index (κ2) is 7.05. The lowest BCUT2D eigenvalue weighted by Gasteiger charge is -2.27. The van der Waals surface area contributed by atoms with Crippen molar-refractivity contribution < 1.29 is 19.1 Å². The van der Waals surface area contributed by atoms with Crippen LogP contribution in [0.2, 0.25) is 0 Å². The molecule has 1 aromatic carbocycles. The standard InChI is InChI=1S/C15H13Cl2NO4/c1-22-7-6-18(11(19)8-16)13-12(17)14(20)9-4-2-3-5-10(9)15(13)21/h2-5H,6-8H2,1H3. The maximum atomic E-state index is 12.6. The van der Waals surface area contributed by atoms with Crippen LogP contribution in [0.5, 0.6) is 0 Å². The number of ketones is 2. The number of Topliss-reactive ketones (excluding diaryl/α,β-unsaturated/α-hetero) is 2. The van der Waals surface area contributed by atoms with Gasteiger partial charge in [0.15, 0.2) is 0 Å². The summed E-state index contributed by atoms with van der Waals surface area (Å²) in [6, 6.07) is 6.34. The van der Waals surface area contributed by atoms with Crippen LogP contribution in [-0.2, 0) is 9.53 Å². The van der Waals surface area contributed by atoms with E-state index in [1.807, 2.05) is 0 Å². The molecule has 1 amide bonds. The SMILES string of the molecule is COCCN(C(=O)CCl)C1=C(Cl)C(=O)c2ccccc2C1=O. The monoisotopic (exact) mass is 341 g/mol. The minimum absolute atomic E-state index is 0.0782. The second-order valence-corrected chi connectivity index (χ2v) is 5.18. The lowest BCUT2D eigenvalue weighted by Crippen LogP contribution is -2.40. The van der Waals surface area contributed by atoms with Crippen molar-refractivity contribution in [2.24, 2.45) is 0 Å². The third kappa shape index (κ3) is 2.92. The Labute approximate surface area is 137 Å². The van der Waals surface area contributed by atoms with Crippen molar-refractivity contribution in [3.8, 4) is 0 Å². The molecule has 0 atom stereocenters. The van der Waals surface area contributed by atoms with Gasteiger partial charge in [-0.15, -0.1) is 11.6 Å². The Balaban J connectivity index is 2.52. The average molecular weight is 342 g/mol. The highest BCUT2D eigenvalue weighted by Gasteiger charge is 2.36. The topological polar surface area (TPSA) is 63.7 Å². The lowest BCUT2D eigenvalue weighted by molar-refractivity contribution is -0.127. The quantitative estimate of drug-likeness (QED) is 0.770. The minimum atomic E-state index is -0.521. The number of rotatable bonds is 5. The molecule has 7 heteroatoms. The Morgan fingerprint density at radius 2 is 1.77 bits per heavy atom. The molecular formula is C15H13Cl2NO4. The number of hydrogen-bond donors (Lipinski definition) is 0. The fourth-order valence-electron chi connectivity index (χ4n) is 2.19. The van der Waals surface area contributed by atoms with E-state index in [0.29, 0.717) is 0 Å². The maximum Gasteiger partial charge on any atom is 0.242 e. The normalized spacial score (nSPS) is 14.1. The number of halogens is 2. The zero-order valence-corrected chi connectivity index (χ0v) is 13.3. The molecule has 0 aliphatic heterocycles. The third-order valence-electron chi connectivity index (χ3n) is 3.24. The highest BCUT2D eigenvalue weighted by molar-refractivity contribution is 6.50. The van der Waals surface area contributed by atoms with Crippen LogP contribution in [-0.4, -0.2) is 48.5 Å². The van der Waals surface area contributed by atoms with Crippen molar-refractivity contribution in [3.63, 3.8) is 0 Å². The van der Waals surface area contributed by atoms with E-state index in [-0.39, 0.29) is 40.9 Å².